The van der Waals surface area contributed by atoms with Crippen LogP contribution in [0.4, 0.5) is 0 Å². The molecule has 2 saturated carbocycles. The van der Waals surface area contributed by atoms with Crippen LogP contribution in [0.15, 0.2) is 4.99 Å². The Morgan fingerprint density at radius 1 is 1.27 bits per heavy atom. The van der Waals surface area contributed by atoms with Crippen LogP contribution in [-0.2, 0) is 14.6 Å². The molecule has 0 unspecified atom stereocenters. The highest BCUT2D eigenvalue weighted by Gasteiger charge is 2.54. The lowest BCUT2D eigenvalue weighted by molar-refractivity contribution is -0.117. The molecular weight excluding hydrogens is 320 g/mol. The molecule has 2 saturated heterocycles. The van der Waals surface area contributed by atoms with Crippen molar-refractivity contribution in [2.24, 2.45) is 16.8 Å². The van der Waals surface area contributed by atoms with Crippen LogP contribution in [0.2, 0.25) is 0 Å². The Labute approximate surface area is 135 Å². The molecular formula is C15H22N2O3S2. The Morgan fingerprint density at radius 2 is 2.09 bits per heavy atom. The van der Waals surface area contributed by atoms with Crippen LogP contribution in [-0.4, -0.2) is 53.2 Å². The number of aliphatic imine (C=N–C) groups is 1. The van der Waals surface area contributed by atoms with Crippen molar-refractivity contribution in [3.8, 4) is 0 Å². The third-order valence-electron chi connectivity index (χ3n) is 5.69. The van der Waals surface area contributed by atoms with Crippen LogP contribution in [0.3, 0.4) is 0 Å². The maximum atomic E-state index is 12.0. The van der Waals surface area contributed by atoms with Gasteiger partial charge in [-0.2, -0.15) is 4.99 Å². The molecule has 22 heavy (non-hydrogen) atoms. The summed E-state index contributed by atoms with van der Waals surface area (Å²) in [6, 6.07) is 0.431. The molecule has 0 radical (unpaired) electrons. The number of carbonyl (C=O) groups is 1. The lowest BCUT2D eigenvalue weighted by Gasteiger charge is -2.36. The van der Waals surface area contributed by atoms with E-state index in [4.69, 9.17) is 0 Å². The van der Waals surface area contributed by atoms with Crippen molar-refractivity contribution in [1.82, 2.24) is 4.90 Å². The minimum Gasteiger partial charge on any atom is -0.343 e. The lowest BCUT2D eigenvalue weighted by Crippen LogP contribution is -2.47. The summed E-state index contributed by atoms with van der Waals surface area (Å²) >= 11 is 1.53. The zero-order valence-electron chi connectivity index (χ0n) is 12.8. The number of amidine groups is 1. The number of rotatable bonds is 2. The Morgan fingerprint density at radius 3 is 2.73 bits per heavy atom. The van der Waals surface area contributed by atoms with Gasteiger partial charge in [-0.3, -0.25) is 4.79 Å². The smallest absolute Gasteiger partial charge is 0.247 e. The average Bonchev–Trinajstić information content (AvgIpc) is 3.17. The SMILES string of the molecule is CCC(=O)N=C1S[C@@H]2CS(=O)(=O)C[C@@H]2N1[C@H]1C[C@H]2CC[C@H]1C2. The molecule has 5 nitrogen and oxygen atoms in total. The van der Waals surface area contributed by atoms with Gasteiger partial charge in [0.05, 0.1) is 17.5 Å². The first kappa shape index (κ1) is 15.0. The van der Waals surface area contributed by atoms with Gasteiger partial charge in [0, 0.05) is 17.7 Å². The van der Waals surface area contributed by atoms with Gasteiger partial charge in [0.25, 0.3) is 0 Å². The Kier molecular flexibility index (Phi) is 3.56. The number of sulfone groups is 1. The first-order valence-electron chi connectivity index (χ1n) is 8.24. The summed E-state index contributed by atoms with van der Waals surface area (Å²) in [6.07, 6.45) is 5.38. The number of carbonyl (C=O) groups excluding carboxylic acids is 1. The third kappa shape index (κ3) is 2.40. The van der Waals surface area contributed by atoms with Gasteiger partial charge < -0.3 is 4.90 Å². The fourth-order valence-electron chi connectivity index (χ4n) is 4.72. The number of amides is 1. The van der Waals surface area contributed by atoms with E-state index in [2.05, 4.69) is 9.89 Å². The molecule has 122 valence electrons. The van der Waals surface area contributed by atoms with E-state index in [9.17, 15) is 13.2 Å². The second kappa shape index (κ2) is 5.23. The Bertz CT molecular complexity index is 631. The van der Waals surface area contributed by atoms with Gasteiger partial charge in [-0.05, 0) is 31.1 Å². The fourth-order valence-corrected chi connectivity index (χ4v) is 8.71. The number of hydrogen-bond donors (Lipinski definition) is 0. The molecule has 4 fully saturated rings. The van der Waals surface area contributed by atoms with Gasteiger partial charge >= 0.3 is 0 Å². The van der Waals surface area contributed by atoms with Crippen molar-refractivity contribution in [1.29, 1.82) is 0 Å². The van der Waals surface area contributed by atoms with Gasteiger partial charge in [0.2, 0.25) is 5.91 Å². The topological polar surface area (TPSA) is 66.8 Å². The zero-order chi connectivity index (χ0) is 15.5. The molecule has 5 atom stereocenters. The first-order valence-corrected chi connectivity index (χ1v) is 10.9. The molecule has 0 spiro atoms. The summed E-state index contributed by atoms with van der Waals surface area (Å²) in [5, 5.41) is 0.863. The van der Waals surface area contributed by atoms with E-state index in [0.717, 1.165) is 17.5 Å². The van der Waals surface area contributed by atoms with Gasteiger partial charge in [0.15, 0.2) is 15.0 Å². The fraction of sp³-hybridized carbons (Fsp3) is 0.867. The number of hydrogen-bond acceptors (Lipinski definition) is 4. The predicted octanol–water partition coefficient (Wildman–Crippen LogP) is 1.68. The van der Waals surface area contributed by atoms with Gasteiger partial charge in [-0.1, -0.05) is 25.1 Å². The van der Waals surface area contributed by atoms with Gasteiger partial charge in [-0.25, -0.2) is 8.42 Å². The number of thioether (sulfide) groups is 1. The predicted molar refractivity (Wildman–Crippen MR) is 87.6 cm³/mol. The molecule has 2 aliphatic heterocycles. The van der Waals surface area contributed by atoms with Crippen LogP contribution < -0.4 is 0 Å². The van der Waals surface area contributed by atoms with E-state index in [1.54, 1.807) is 0 Å². The summed E-state index contributed by atoms with van der Waals surface area (Å²) in [7, 11) is -2.94. The van der Waals surface area contributed by atoms with Crippen LogP contribution in [0.1, 0.15) is 39.0 Å². The van der Waals surface area contributed by atoms with Gasteiger partial charge in [0.1, 0.15) is 0 Å². The molecule has 0 aromatic carbocycles. The summed E-state index contributed by atoms with van der Waals surface area (Å²) in [4.78, 5) is 18.3. The summed E-state index contributed by atoms with van der Waals surface area (Å²) in [5.41, 5.74) is 0. The minimum absolute atomic E-state index is 0.0303. The second-order valence-corrected chi connectivity index (χ2v) is 10.5. The van der Waals surface area contributed by atoms with E-state index in [1.165, 1.54) is 31.0 Å². The molecule has 0 aromatic rings. The molecule has 4 aliphatic rings. The highest BCUT2D eigenvalue weighted by molar-refractivity contribution is 8.15. The normalized spacial score (nSPS) is 44.0. The van der Waals surface area contributed by atoms with Crippen LogP contribution in [0.25, 0.3) is 0 Å². The van der Waals surface area contributed by atoms with Crippen molar-refractivity contribution in [3.05, 3.63) is 0 Å². The lowest BCUT2D eigenvalue weighted by atomic mass is 9.93. The van der Waals surface area contributed by atoms with E-state index < -0.39 is 9.84 Å². The largest absolute Gasteiger partial charge is 0.343 e. The molecule has 0 N–H and O–H groups in total. The molecule has 0 aromatic heterocycles. The standard InChI is InChI=1S/C15H22N2O3S2/c1-2-14(18)16-15-17(11-6-9-3-4-10(11)5-9)12-7-22(19,20)8-13(12)21-15/h9-13H,2-8H2,1H3/t9-,10-,11-,12-,13+/m0/s1. The van der Waals surface area contributed by atoms with Crippen LogP contribution in [0.5, 0.6) is 0 Å². The summed E-state index contributed by atoms with van der Waals surface area (Å²) in [5.74, 6) is 1.82. The molecule has 7 heteroatoms. The molecule has 2 heterocycles. The molecule has 4 rings (SSSR count). The Hall–Kier alpha value is -0.560. The Balaban J connectivity index is 1.66. The maximum Gasteiger partial charge on any atom is 0.247 e. The number of fused-ring (bicyclic) bond motifs is 3. The highest BCUT2D eigenvalue weighted by Crippen LogP contribution is 2.51. The van der Waals surface area contributed by atoms with Crippen molar-refractivity contribution >= 4 is 32.7 Å². The van der Waals surface area contributed by atoms with Crippen LogP contribution >= 0.6 is 11.8 Å². The van der Waals surface area contributed by atoms with E-state index in [0.29, 0.717) is 18.4 Å². The molecule has 2 aliphatic carbocycles. The van der Waals surface area contributed by atoms with Crippen molar-refractivity contribution < 1.29 is 13.2 Å². The zero-order valence-corrected chi connectivity index (χ0v) is 14.4. The number of nitrogens with zero attached hydrogens (tertiary/aromatic N) is 2. The van der Waals surface area contributed by atoms with Gasteiger partial charge in [-0.15, -0.1) is 0 Å². The summed E-state index contributed by atoms with van der Waals surface area (Å²) in [6.45, 7) is 1.82. The van der Waals surface area contributed by atoms with Crippen molar-refractivity contribution in [3.63, 3.8) is 0 Å². The summed E-state index contributed by atoms with van der Waals surface area (Å²) < 4.78 is 24.0. The first-order chi connectivity index (χ1) is 10.5. The second-order valence-electron chi connectivity index (χ2n) is 7.09. The van der Waals surface area contributed by atoms with E-state index in [1.807, 2.05) is 6.92 Å². The monoisotopic (exact) mass is 342 g/mol. The third-order valence-corrected chi connectivity index (χ3v) is 8.91. The molecule has 1 amide bonds. The quantitative estimate of drug-likeness (QED) is 0.764. The maximum absolute atomic E-state index is 12.0. The van der Waals surface area contributed by atoms with Crippen LogP contribution in [0, 0.1) is 11.8 Å². The van der Waals surface area contributed by atoms with Crippen molar-refractivity contribution in [2.45, 2.75) is 56.4 Å². The minimum atomic E-state index is -2.94. The van der Waals surface area contributed by atoms with Crippen molar-refractivity contribution in [2.75, 3.05) is 11.5 Å². The highest BCUT2D eigenvalue weighted by atomic mass is 32.2. The average molecular weight is 342 g/mol. The molecule has 2 bridgehead atoms. The van der Waals surface area contributed by atoms with E-state index in [-0.39, 0.29) is 28.7 Å². The van der Waals surface area contributed by atoms with E-state index >= 15 is 0 Å².